The zero-order valence-corrected chi connectivity index (χ0v) is 8.32. The van der Waals surface area contributed by atoms with E-state index in [9.17, 15) is 9.59 Å². The molecule has 1 rings (SSSR count). The number of carboxylic acid groups (broad SMARTS) is 1. The zero-order valence-electron chi connectivity index (χ0n) is 8.32. The molecular formula is C10H15NO3. The summed E-state index contributed by atoms with van der Waals surface area (Å²) in [5, 5.41) is 8.74. The van der Waals surface area contributed by atoms with Crippen molar-refractivity contribution in [1.82, 2.24) is 4.90 Å². The lowest BCUT2D eigenvalue weighted by Crippen LogP contribution is -2.28. The monoisotopic (exact) mass is 197 g/mol. The van der Waals surface area contributed by atoms with E-state index >= 15 is 0 Å². The number of carboxylic acids is 1. The Hall–Kier alpha value is -1.32. The summed E-state index contributed by atoms with van der Waals surface area (Å²) in [5.41, 5.74) is 0.962. The molecule has 14 heavy (non-hydrogen) atoms. The predicted molar refractivity (Wildman–Crippen MR) is 51.8 cm³/mol. The van der Waals surface area contributed by atoms with Crippen LogP contribution >= 0.6 is 0 Å². The summed E-state index contributed by atoms with van der Waals surface area (Å²) in [4.78, 5) is 23.6. The van der Waals surface area contributed by atoms with Gasteiger partial charge >= 0.3 is 5.97 Å². The first kappa shape index (κ1) is 10.8. The van der Waals surface area contributed by atoms with Gasteiger partial charge in [-0.1, -0.05) is 19.1 Å². The number of likely N-dealkylation sites (tertiary alicyclic amines) is 1. The molecule has 0 aromatic carbocycles. The zero-order chi connectivity index (χ0) is 10.7. The van der Waals surface area contributed by atoms with Crippen molar-refractivity contribution < 1.29 is 14.7 Å². The van der Waals surface area contributed by atoms with Crippen LogP contribution in [0.15, 0.2) is 12.2 Å². The van der Waals surface area contributed by atoms with Crippen molar-refractivity contribution in [2.24, 2.45) is 5.92 Å². The minimum atomic E-state index is -0.886. The van der Waals surface area contributed by atoms with Gasteiger partial charge in [-0.3, -0.25) is 9.59 Å². The SMILES string of the molecule is C=C(CC)CN1CC(C(=O)O)CC1=O. The van der Waals surface area contributed by atoms with Gasteiger partial charge in [0.1, 0.15) is 0 Å². The highest BCUT2D eigenvalue weighted by atomic mass is 16.4. The maximum absolute atomic E-state index is 11.4. The first-order valence-electron chi connectivity index (χ1n) is 4.71. The molecule has 0 saturated carbocycles. The van der Waals surface area contributed by atoms with E-state index in [2.05, 4.69) is 6.58 Å². The number of carbonyl (C=O) groups is 2. The van der Waals surface area contributed by atoms with Gasteiger partial charge in [0.25, 0.3) is 0 Å². The molecule has 1 atom stereocenters. The summed E-state index contributed by atoms with van der Waals surface area (Å²) in [6.45, 7) is 6.60. The quantitative estimate of drug-likeness (QED) is 0.681. The summed E-state index contributed by atoms with van der Waals surface area (Å²) in [6.07, 6.45) is 0.952. The molecule has 4 nitrogen and oxygen atoms in total. The Morgan fingerprint density at radius 1 is 1.71 bits per heavy atom. The van der Waals surface area contributed by atoms with Crippen LogP contribution in [0.3, 0.4) is 0 Å². The van der Waals surface area contributed by atoms with Crippen LogP contribution in [0.5, 0.6) is 0 Å². The van der Waals surface area contributed by atoms with E-state index in [1.807, 2.05) is 6.92 Å². The van der Waals surface area contributed by atoms with Crippen molar-refractivity contribution in [3.8, 4) is 0 Å². The van der Waals surface area contributed by atoms with Crippen LogP contribution in [0.25, 0.3) is 0 Å². The minimum absolute atomic E-state index is 0.0769. The maximum atomic E-state index is 11.4. The average Bonchev–Trinajstić information content (AvgIpc) is 2.48. The molecule has 4 heteroatoms. The number of amides is 1. The molecule has 0 radical (unpaired) electrons. The highest BCUT2D eigenvalue weighted by Gasteiger charge is 2.33. The van der Waals surface area contributed by atoms with Crippen molar-refractivity contribution in [1.29, 1.82) is 0 Å². The van der Waals surface area contributed by atoms with Gasteiger partial charge in [0.15, 0.2) is 0 Å². The van der Waals surface area contributed by atoms with Gasteiger partial charge in [-0.15, -0.1) is 0 Å². The van der Waals surface area contributed by atoms with E-state index in [4.69, 9.17) is 5.11 Å². The van der Waals surface area contributed by atoms with Gasteiger partial charge < -0.3 is 10.0 Å². The Labute approximate surface area is 83.2 Å². The highest BCUT2D eigenvalue weighted by molar-refractivity contribution is 5.86. The first-order valence-corrected chi connectivity index (χ1v) is 4.71. The van der Waals surface area contributed by atoms with Crippen LogP contribution in [0.1, 0.15) is 19.8 Å². The maximum Gasteiger partial charge on any atom is 0.308 e. The third kappa shape index (κ3) is 2.34. The second-order valence-electron chi connectivity index (χ2n) is 3.62. The lowest BCUT2D eigenvalue weighted by Gasteiger charge is -2.16. The fraction of sp³-hybridized carbons (Fsp3) is 0.600. The van der Waals surface area contributed by atoms with Gasteiger partial charge in [-0.25, -0.2) is 0 Å². The number of aliphatic carboxylic acids is 1. The lowest BCUT2D eigenvalue weighted by atomic mass is 10.1. The van der Waals surface area contributed by atoms with Crippen molar-refractivity contribution in [2.45, 2.75) is 19.8 Å². The summed E-state index contributed by atoms with van der Waals surface area (Å²) in [7, 11) is 0. The van der Waals surface area contributed by atoms with Gasteiger partial charge in [0.05, 0.1) is 5.92 Å². The largest absolute Gasteiger partial charge is 0.481 e. The van der Waals surface area contributed by atoms with Crippen LogP contribution < -0.4 is 0 Å². The highest BCUT2D eigenvalue weighted by Crippen LogP contribution is 2.19. The molecule has 1 fully saturated rings. The smallest absolute Gasteiger partial charge is 0.308 e. The van der Waals surface area contributed by atoms with E-state index in [0.29, 0.717) is 13.1 Å². The molecule has 1 aliphatic rings. The van der Waals surface area contributed by atoms with Gasteiger partial charge in [-0.05, 0) is 6.42 Å². The van der Waals surface area contributed by atoms with E-state index in [1.54, 1.807) is 4.90 Å². The Kier molecular flexibility index (Phi) is 3.28. The molecule has 0 spiro atoms. The summed E-state index contributed by atoms with van der Waals surface area (Å²) >= 11 is 0. The summed E-state index contributed by atoms with van der Waals surface area (Å²) in [5.74, 6) is -1.50. The topological polar surface area (TPSA) is 57.6 Å². The van der Waals surface area contributed by atoms with E-state index < -0.39 is 11.9 Å². The standard InChI is InChI=1S/C10H15NO3/c1-3-7(2)5-11-6-8(10(13)14)4-9(11)12/h8H,2-6H2,1H3,(H,13,14). The van der Waals surface area contributed by atoms with E-state index in [0.717, 1.165) is 12.0 Å². The molecule has 1 N–H and O–H groups in total. The molecule has 1 aliphatic heterocycles. The molecule has 0 aliphatic carbocycles. The molecule has 1 unspecified atom stereocenters. The van der Waals surface area contributed by atoms with Crippen LogP contribution in [0.4, 0.5) is 0 Å². The second kappa shape index (κ2) is 4.26. The number of carbonyl (C=O) groups excluding carboxylic acids is 1. The molecule has 0 bridgehead atoms. The molecule has 1 heterocycles. The molecular weight excluding hydrogens is 182 g/mol. The normalized spacial score (nSPS) is 21.4. The van der Waals surface area contributed by atoms with E-state index in [1.165, 1.54) is 0 Å². The van der Waals surface area contributed by atoms with E-state index in [-0.39, 0.29) is 12.3 Å². The van der Waals surface area contributed by atoms with Crippen LogP contribution in [0.2, 0.25) is 0 Å². The predicted octanol–water partition coefficient (Wildman–Crippen LogP) is 0.886. The third-order valence-corrected chi connectivity index (χ3v) is 2.48. The summed E-state index contributed by atoms with van der Waals surface area (Å²) in [6, 6.07) is 0. The van der Waals surface area contributed by atoms with Gasteiger partial charge in [0.2, 0.25) is 5.91 Å². The molecule has 1 amide bonds. The Bertz CT molecular complexity index is 273. The first-order chi connectivity index (χ1) is 6.54. The van der Waals surface area contributed by atoms with Crippen molar-refractivity contribution in [3.63, 3.8) is 0 Å². The number of rotatable bonds is 4. The second-order valence-corrected chi connectivity index (χ2v) is 3.62. The Morgan fingerprint density at radius 3 is 2.79 bits per heavy atom. The number of hydrogen-bond acceptors (Lipinski definition) is 2. The van der Waals surface area contributed by atoms with Gasteiger partial charge in [0, 0.05) is 19.5 Å². The molecule has 1 saturated heterocycles. The number of nitrogens with zero attached hydrogens (tertiary/aromatic N) is 1. The third-order valence-electron chi connectivity index (χ3n) is 2.48. The average molecular weight is 197 g/mol. The molecule has 0 aromatic rings. The van der Waals surface area contributed by atoms with Crippen molar-refractivity contribution in [2.75, 3.05) is 13.1 Å². The Morgan fingerprint density at radius 2 is 2.36 bits per heavy atom. The molecule has 78 valence electrons. The molecule has 0 aromatic heterocycles. The summed E-state index contributed by atoms with van der Waals surface area (Å²) < 4.78 is 0. The number of hydrogen-bond donors (Lipinski definition) is 1. The van der Waals surface area contributed by atoms with Crippen molar-refractivity contribution in [3.05, 3.63) is 12.2 Å². The fourth-order valence-electron chi connectivity index (χ4n) is 1.47. The Balaban J connectivity index is 2.53. The minimum Gasteiger partial charge on any atom is -0.481 e. The van der Waals surface area contributed by atoms with Gasteiger partial charge in [-0.2, -0.15) is 0 Å². The van der Waals surface area contributed by atoms with Crippen LogP contribution in [-0.2, 0) is 9.59 Å². The van der Waals surface area contributed by atoms with Crippen LogP contribution in [-0.4, -0.2) is 35.0 Å². The van der Waals surface area contributed by atoms with Crippen molar-refractivity contribution >= 4 is 11.9 Å². The fourth-order valence-corrected chi connectivity index (χ4v) is 1.47. The van der Waals surface area contributed by atoms with Crippen LogP contribution in [0, 0.1) is 5.92 Å². The lowest BCUT2D eigenvalue weighted by molar-refractivity contribution is -0.141.